The summed E-state index contributed by atoms with van der Waals surface area (Å²) in [5.74, 6) is 7.23. The molecule has 10 unspecified atom stereocenters. The van der Waals surface area contributed by atoms with Gasteiger partial charge in [0, 0.05) is 126 Å². The van der Waals surface area contributed by atoms with Gasteiger partial charge in [0.2, 0.25) is 0 Å². The Bertz CT molecular complexity index is 1480. The quantitative estimate of drug-likeness (QED) is 0.203. The molecular formula is C69H136O17S4. The second-order valence-corrected chi connectivity index (χ2v) is 32.2. The third-order valence-corrected chi connectivity index (χ3v) is 22.4. The molecule has 11 aliphatic rings. The van der Waals surface area contributed by atoms with Crippen LogP contribution < -0.4 is 0 Å². The number of thioether (sulfide) groups is 4. The number of rotatable bonds is 10. The highest BCUT2D eigenvalue weighted by atomic mass is 32.2. The van der Waals surface area contributed by atoms with E-state index in [1.54, 1.807) is 56.9 Å². The minimum absolute atomic E-state index is 0.0267. The fourth-order valence-electron chi connectivity index (χ4n) is 11.5. The summed E-state index contributed by atoms with van der Waals surface area (Å²) in [6, 6.07) is 0. The zero-order valence-electron chi connectivity index (χ0n) is 60.2. The molecular weight excluding hydrogens is 1230 g/mol. The summed E-state index contributed by atoms with van der Waals surface area (Å²) in [4.78, 5) is 0. The van der Waals surface area contributed by atoms with E-state index in [4.69, 9.17) is 80.5 Å². The molecule has 11 saturated heterocycles. The summed E-state index contributed by atoms with van der Waals surface area (Å²) in [6.45, 7) is 23.4. The van der Waals surface area contributed by atoms with Crippen molar-refractivity contribution in [1.29, 1.82) is 0 Å². The van der Waals surface area contributed by atoms with Crippen molar-refractivity contribution in [2.75, 3.05) is 158 Å². The summed E-state index contributed by atoms with van der Waals surface area (Å²) >= 11 is 8.15. The van der Waals surface area contributed by atoms with Crippen molar-refractivity contribution in [1.82, 2.24) is 0 Å². The largest absolute Gasteiger partial charge is 0.381 e. The lowest BCUT2D eigenvalue weighted by Crippen LogP contribution is -2.42. The second kappa shape index (κ2) is 52.7. The number of hydrogen-bond acceptors (Lipinski definition) is 21. The van der Waals surface area contributed by atoms with Crippen LogP contribution in [0.5, 0.6) is 0 Å². The van der Waals surface area contributed by atoms with E-state index in [0.717, 1.165) is 109 Å². The van der Waals surface area contributed by atoms with Crippen molar-refractivity contribution >= 4 is 47.0 Å². The number of hydrogen-bond donors (Lipinski definition) is 0. The van der Waals surface area contributed by atoms with E-state index in [1.165, 1.54) is 98.7 Å². The smallest absolute Gasteiger partial charge is 0.163 e. The topological polar surface area (TPSA) is 157 Å². The van der Waals surface area contributed by atoms with Crippen LogP contribution in [0.3, 0.4) is 0 Å². The van der Waals surface area contributed by atoms with Gasteiger partial charge in [-0.05, 0) is 185 Å². The summed E-state index contributed by atoms with van der Waals surface area (Å²) < 4.78 is 89.7. The van der Waals surface area contributed by atoms with E-state index in [1.807, 2.05) is 51.6 Å². The molecule has 0 amide bonds. The normalized spacial score (nSPS) is 32.1. The van der Waals surface area contributed by atoms with Crippen molar-refractivity contribution in [2.24, 2.45) is 0 Å². The predicted octanol–water partition coefficient (Wildman–Crippen LogP) is 13.8. The van der Waals surface area contributed by atoms with Gasteiger partial charge in [0.15, 0.2) is 5.79 Å². The van der Waals surface area contributed by atoms with Crippen LogP contribution in [0.2, 0.25) is 0 Å². The first-order valence-electron chi connectivity index (χ1n) is 34.2. The van der Waals surface area contributed by atoms with Gasteiger partial charge < -0.3 is 80.5 Å². The van der Waals surface area contributed by atoms with Crippen molar-refractivity contribution in [3.8, 4) is 0 Å². The average Bonchev–Trinajstić information content (AvgIpc) is 4.17. The van der Waals surface area contributed by atoms with Gasteiger partial charge in [-0.15, -0.1) is 0 Å². The first-order valence-corrected chi connectivity index (χ1v) is 38.6. The highest BCUT2D eigenvalue weighted by molar-refractivity contribution is 8.00. The van der Waals surface area contributed by atoms with Gasteiger partial charge >= 0.3 is 0 Å². The van der Waals surface area contributed by atoms with Crippen LogP contribution in [-0.2, 0) is 80.5 Å². The van der Waals surface area contributed by atoms with E-state index >= 15 is 0 Å². The summed E-state index contributed by atoms with van der Waals surface area (Å²) in [5.41, 5.74) is 0.0267. The van der Waals surface area contributed by atoms with Gasteiger partial charge in [-0.2, -0.15) is 47.0 Å². The Labute approximate surface area is 567 Å². The van der Waals surface area contributed by atoms with E-state index in [0.29, 0.717) is 91.2 Å². The fourth-order valence-corrected chi connectivity index (χ4v) is 16.1. The standard InChI is InChI=1S/C8H14O2.C8H16O2.C8H16OS.C7H14O3.C7H14O2.C7H14OS.2C6H12O2.2C6H12OS/c1-9-8-4-6-2-3-7(5-8)10-6;2*1-8(2)6-7(9-3)4-5-10-8;1-7(2)9-4-6(8-3)5-10-7;2*1-6-5-7(8-2)3-4-9-6;1-7-6-2-4-8-5-3-6;1-7-6-3-2-4-8-5-6;1-7-6-2-4-8-5-3-6;1-7-6-3-2-4-8-5-6/h6-8H,2-5H2,1H3;2*7H,4-6H2,1-3H3;6H,4-5H2,1-3H3;2*6-7H,3-5H2,1-2H3;4*6H,2-5H2,1H3. The van der Waals surface area contributed by atoms with Crippen molar-refractivity contribution < 1.29 is 80.5 Å². The molecule has 0 N–H and O–H groups in total. The monoisotopic (exact) mass is 1360 g/mol. The van der Waals surface area contributed by atoms with Gasteiger partial charge in [0.25, 0.3) is 0 Å². The lowest BCUT2D eigenvalue weighted by atomic mass is 9.96. The molecule has 11 fully saturated rings. The zero-order valence-corrected chi connectivity index (χ0v) is 63.5. The predicted molar refractivity (Wildman–Crippen MR) is 375 cm³/mol. The molecule has 0 aromatic rings. The molecule has 2 bridgehead atoms. The summed E-state index contributed by atoms with van der Waals surface area (Å²) in [6.07, 6.45) is 29.2. The van der Waals surface area contributed by atoms with Crippen molar-refractivity contribution in [2.45, 2.75) is 285 Å². The summed E-state index contributed by atoms with van der Waals surface area (Å²) in [5, 5.41) is 0.809. The Balaban J connectivity index is 0.000000341. The van der Waals surface area contributed by atoms with Crippen LogP contribution in [0.25, 0.3) is 0 Å². The first-order chi connectivity index (χ1) is 43.2. The molecule has 11 heterocycles. The molecule has 0 aromatic carbocycles. The Morgan fingerprint density at radius 2 is 0.878 bits per heavy atom. The number of ether oxygens (including phenoxy) is 17. The van der Waals surface area contributed by atoms with E-state index < -0.39 is 5.79 Å². The molecule has 21 heteroatoms. The van der Waals surface area contributed by atoms with Crippen LogP contribution in [0, 0.1) is 0 Å². The van der Waals surface area contributed by atoms with Crippen molar-refractivity contribution in [3.05, 3.63) is 0 Å². The Morgan fingerprint density at radius 1 is 0.367 bits per heavy atom. The molecule has 0 aliphatic carbocycles. The number of methoxy groups -OCH3 is 10. The Hall–Kier alpha value is 0.720. The molecule has 17 nitrogen and oxygen atoms in total. The van der Waals surface area contributed by atoms with Gasteiger partial charge in [-0.1, -0.05) is 20.8 Å². The number of fused-ring (bicyclic) bond motifs is 2. The molecule has 0 saturated carbocycles. The third kappa shape index (κ3) is 43.2. The maximum absolute atomic E-state index is 5.65. The highest BCUT2D eigenvalue weighted by Gasteiger charge is 2.35. The minimum Gasteiger partial charge on any atom is -0.381 e. The van der Waals surface area contributed by atoms with Crippen LogP contribution in [0.15, 0.2) is 0 Å². The van der Waals surface area contributed by atoms with E-state index in [-0.39, 0.29) is 11.7 Å². The Kier molecular flexibility index (Phi) is 50.9. The van der Waals surface area contributed by atoms with Gasteiger partial charge in [0.05, 0.1) is 98.7 Å². The van der Waals surface area contributed by atoms with Gasteiger partial charge in [-0.25, -0.2) is 0 Å². The zero-order chi connectivity index (χ0) is 66.5. The average molecular weight is 1370 g/mol. The van der Waals surface area contributed by atoms with Crippen LogP contribution >= 0.6 is 47.0 Å². The third-order valence-electron chi connectivity index (χ3n) is 17.6. The molecule has 538 valence electrons. The van der Waals surface area contributed by atoms with E-state index in [9.17, 15) is 0 Å². The van der Waals surface area contributed by atoms with Crippen LogP contribution in [-0.4, -0.2) is 259 Å². The molecule has 0 radical (unpaired) electrons. The second-order valence-electron chi connectivity index (χ2n) is 26.5. The molecule has 0 spiro atoms. The first kappa shape index (κ1) is 86.8. The lowest BCUT2D eigenvalue weighted by molar-refractivity contribution is -0.276. The minimum atomic E-state index is -0.422. The van der Waals surface area contributed by atoms with Crippen LogP contribution in [0.4, 0.5) is 0 Å². The van der Waals surface area contributed by atoms with Gasteiger partial charge in [0.1, 0.15) is 6.10 Å². The molecule has 90 heavy (non-hydrogen) atoms. The van der Waals surface area contributed by atoms with Gasteiger partial charge in [-0.3, -0.25) is 0 Å². The molecule has 11 rings (SSSR count). The highest BCUT2D eigenvalue weighted by Crippen LogP contribution is 2.37. The maximum atomic E-state index is 5.65. The summed E-state index contributed by atoms with van der Waals surface area (Å²) in [7, 11) is 17.7. The van der Waals surface area contributed by atoms with Crippen molar-refractivity contribution in [3.63, 3.8) is 0 Å². The molecule has 11 aliphatic heterocycles. The molecule has 10 atom stereocenters. The fraction of sp³-hybridized carbons (Fsp3) is 1.00. The van der Waals surface area contributed by atoms with Crippen LogP contribution in [0.1, 0.15) is 184 Å². The molecule has 0 aromatic heterocycles. The maximum Gasteiger partial charge on any atom is 0.163 e. The lowest BCUT2D eigenvalue weighted by Gasteiger charge is -2.34. The Morgan fingerprint density at radius 3 is 1.29 bits per heavy atom. The van der Waals surface area contributed by atoms with E-state index in [2.05, 4.69) is 65.1 Å². The SMILES string of the molecule is COC1CC2CCC(C1)O2.COC1CCCOC1.COC1CCCSC1.COC1CCOC(C)(C)C1.COC1CCOC(C)C1.COC1CCOCC1.COC1CCSC(C)(C)C1.COC1CCSC(C)C1.COC1CCSCC1.COC1COC(C)(C)OC1.